The number of benzene rings is 2. The molecule has 23 heavy (non-hydrogen) atoms. The highest BCUT2D eigenvalue weighted by atomic mass is 35.5. The molecule has 3 rings (SSSR count). The van der Waals surface area contributed by atoms with E-state index < -0.39 is 0 Å². The molecule has 0 fully saturated rings. The van der Waals surface area contributed by atoms with Crippen molar-refractivity contribution in [2.45, 2.75) is 19.4 Å². The summed E-state index contributed by atoms with van der Waals surface area (Å²) in [5.74, 6) is 0.610. The first-order valence-electron chi connectivity index (χ1n) is 7.29. The fourth-order valence-corrected chi connectivity index (χ4v) is 3.43. The number of rotatable bonds is 4. The van der Waals surface area contributed by atoms with Crippen molar-refractivity contribution < 1.29 is 4.74 Å². The normalized spacial score (nSPS) is 16.9. The lowest BCUT2D eigenvalue weighted by Gasteiger charge is -2.14. The Morgan fingerprint density at radius 1 is 1.17 bits per heavy atom. The van der Waals surface area contributed by atoms with E-state index in [2.05, 4.69) is 10.5 Å². The molecule has 1 heterocycles. The monoisotopic (exact) mass is 368 g/mol. The van der Waals surface area contributed by atoms with Crippen molar-refractivity contribution in [3.8, 4) is 5.75 Å². The van der Waals surface area contributed by atoms with Gasteiger partial charge in [-0.25, -0.2) is 0 Å². The zero-order chi connectivity index (χ0) is 16.4. The van der Waals surface area contributed by atoms with Crippen LogP contribution in [0.15, 0.2) is 41.5 Å². The third-order valence-corrected chi connectivity index (χ3v) is 4.48. The van der Waals surface area contributed by atoms with E-state index in [0.717, 1.165) is 21.9 Å². The maximum atomic E-state index is 6.27. The van der Waals surface area contributed by atoms with Gasteiger partial charge < -0.3 is 10.2 Å². The zero-order valence-electron chi connectivity index (χ0n) is 12.4. The van der Waals surface area contributed by atoms with Crippen LogP contribution in [0.25, 0.3) is 0 Å². The molecule has 1 N–H and O–H groups in total. The van der Waals surface area contributed by atoms with Gasteiger partial charge in [-0.05, 0) is 30.7 Å². The second-order valence-electron chi connectivity index (χ2n) is 5.16. The molecule has 0 radical (unpaired) electrons. The van der Waals surface area contributed by atoms with Crippen LogP contribution in [0.5, 0.6) is 5.75 Å². The van der Waals surface area contributed by atoms with E-state index in [-0.39, 0.29) is 6.04 Å². The van der Waals surface area contributed by atoms with Crippen LogP contribution < -0.4 is 10.2 Å². The molecule has 3 nitrogen and oxygen atoms in total. The van der Waals surface area contributed by atoms with Gasteiger partial charge in [-0.15, -0.1) is 0 Å². The van der Waals surface area contributed by atoms with Crippen molar-refractivity contribution in [1.29, 1.82) is 0 Å². The van der Waals surface area contributed by atoms with Crippen molar-refractivity contribution >= 4 is 40.5 Å². The van der Waals surface area contributed by atoms with Gasteiger partial charge in [0.1, 0.15) is 5.75 Å². The summed E-state index contributed by atoms with van der Waals surface area (Å²) in [7, 11) is 0. The molecular formula is C17H15Cl3N2O. The molecule has 1 unspecified atom stereocenters. The molecule has 2 aromatic carbocycles. The quantitative estimate of drug-likeness (QED) is 0.773. The maximum Gasteiger partial charge on any atom is 0.147 e. The van der Waals surface area contributed by atoms with Crippen molar-refractivity contribution in [2.75, 3.05) is 6.61 Å². The van der Waals surface area contributed by atoms with E-state index >= 15 is 0 Å². The van der Waals surface area contributed by atoms with Gasteiger partial charge in [0.15, 0.2) is 0 Å². The Labute approximate surface area is 150 Å². The highest BCUT2D eigenvalue weighted by Crippen LogP contribution is 2.37. The van der Waals surface area contributed by atoms with E-state index in [9.17, 15) is 0 Å². The van der Waals surface area contributed by atoms with Gasteiger partial charge in [0.25, 0.3) is 0 Å². The van der Waals surface area contributed by atoms with E-state index in [4.69, 9.17) is 39.5 Å². The predicted octanol–water partition coefficient (Wildman–Crippen LogP) is 5.48. The Kier molecular flexibility index (Phi) is 5.00. The Morgan fingerprint density at radius 2 is 1.96 bits per heavy atom. The van der Waals surface area contributed by atoms with Crippen molar-refractivity contribution in [2.24, 2.45) is 5.10 Å². The summed E-state index contributed by atoms with van der Waals surface area (Å²) in [5, 5.41) is 6.20. The van der Waals surface area contributed by atoms with Gasteiger partial charge in [0, 0.05) is 22.0 Å². The average Bonchev–Trinajstić information content (AvgIpc) is 3.00. The molecule has 0 amide bonds. The SMILES string of the molecule is CCOc1c(Cl)cc(Cl)cc1C1=NNC(c2ccccc2Cl)C1. The van der Waals surface area contributed by atoms with Crippen molar-refractivity contribution in [3.63, 3.8) is 0 Å². The minimum Gasteiger partial charge on any atom is -0.492 e. The minimum absolute atomic E-state index is 0.0194. The second-order valence-corrected chi connectivity index (χ2v) is 6.41. The van der Waals surface area contributed by atoms with Gasteiger partial charge in [-0.1, -0.05) is 53.0 Å². The summed E-state index contributed by atoms with van der Waals surface area (Å²) in [5.41, 5.74) is 5.81. The number of nitrogens with zero attached hydrogens (tertiary/aromatic N) is 1. The van der Waals surface area contributed by atoms with Crippen molar-refractivity contribution in [3.05, 3.63) is 62.6 Å². The third-order valence-electron chi connectivity index (χ3n) is 3.64. The van der Waals surface area contributed by atoms with Crippen LogP contribution in [0.3, 0.4) is 0 Å². The molecule has 2 aromatic rings. The molecule has 1 atom stereocenters. The molecule has 120 valence electrons. The molecular weight excluding hydrogens is 355 g/mol. The molecule has 0 aliphatic carbocycles. The van der Waals surface area contributed by atoms with E-state index in [1.807, 2.05) is 37.3 Å². The van der Waals surface area contributed by atoms with Crippen molar-refractivity contribution in [1.82, 2.24) is 5.43 Å². The number of hydrogen-bond donors (Lipinski definition) is 1. The molecule has 1 aliphatic heterocycles. The second kappa shape index (κ2) is 7.00. The summed E-state index contributed by atoms with van der Waals surface area (Å²) in [4.78, 5) is 0. The summed E-state index contributed by atoms with van der Waals surface area (Å²) < 4.78 is 5.67. The van der Waals surface area contributed by atoms with Gasteiger partial charge in [-0.3, -0.25) is 0 Å². The molecule has 0 spiro atoms. The van der Waals surface area contributed by atoms with Gasteiger partial charge in [-0.2, -0.15) is 5.10 Å². The smallest absolute Gasteiger partial charge is 0.147 e. The number of hydrazone groups is 1. The molecule has 0 bridgehead atoms. The summed E-state index contributed by atoms with van der Waals surface area (Å²) >= 11 is 18.7. The Bertz CT molecular complexity index is 761. The first-order valence-corrected chi connectivity index (χ1v) is 8.42. The largest absolute Gasteiger partial charge is 0.492 e. The maximum absolute atomic E-state index is 6.27. The van der Waals surface area contributed by atoms with Crippen LogP contribution in [-0.4, -0.2) is 12.3 Å². The van der Waals surface area contributed by atoms with Gasteiger partial charge in [0.2, 0.25) is 0 Å². The first kappa shape index (κ1) is 16.4. The molecule has 0 saturated heterocycles. The molecule has 6 heteroatoms. The third kappa shape index (κ3) is 3.42. The Balaban J connectivity index is 1.91. The summed E-state index contributed by atoms with van der Waals surface area (Å²) in [6.45, 7) is 2.43. The Morgan fingerprint density at radius 3 is 2.70 bits per heavy atom. The van der Waals surface area contributed by atoms with Crippen LogP contribution in [0, 0.1) is 0 Å². The first-order chi connectivity index (χ1) is 11.1. The van der Waals surface area contributed by atoms with Crippen LogP contribution in [0.4, 0.5) is 0 Å². The standard InChI is InChI=1S/C17H15Cl3N2O/c1-2-23-17-12(7-10(18)8-14(17)20)16-9-15(21-22-16)11-5-3-4-6-13(11)19/h3-8,15,21H,2,9H2,1H3. The van der Waals surface area contributed by atoms with E-state index in [1.165, 1.54) is 0 Å². The fourth-order valence-electron chi connectivity index (χ4n) is 2.61. The molecule has 1 aliphatic rings. The average molecular weight is 370 g/mol. The zero-order valence-corrected chi connectivity index (χ0v) is 14.7. The predicted molar refractivity (Wildman–Crippen MR) is 96.1 cm³/mol. The highest BCUT2D eigenvalue weighted by Gasteiger charge is 2.26. The summed E-state index contributed by atoms with van der Waals surface area (Å²) in [6.07, 6.45) is 0.681. The number of halogens is 3. The number of ether oxygens (including phenoxy) is 1. The van der Waals surface area contributed by atoms with E-state index in [1.54, 1.807) is 6.07 Å². The lowest BCUT2D eigenvalue weighted by Crippen LogP contribution is -2.10. The summed E-state index contributed by atoms with van der Waals surface area (Å²) in [6, 6.07) is 11.3. The van der Waals surface area contributed by atoms with Crippen LogP contribution in [-0.2, 0) is 0 Å². The molecule has 0 aromatic heterocycles. The minimum atomic E-state index is 0.0194. The van der Waals surface area contributed by atoms with Crippen LogP contribution >= 0.6 is 34.8 Å². The lowest BCUT2D eigenvalue weighted by molar-refractivity contribution is 0.340. The van der Waals surface area contributed by atoms with Crippen LogP contribution in [0.2, 0.25) is 15.1 Å². The fraction of sp³-hybridized carbons (Fsp3) is 0.235. The van der Waals surface area contributed by atoms with Gasteiger partial charge in [0.05, 0.1) is 23.4 Å². The topological polar surface area (TPSA) is 33.6 Å². The number of hydrogen-bond acceptors (Lipinski definition) is 3. The Hall–Kier alpha value is -1.42. The van der Waals surface area contributed by atoms with E-state index in [0.29, 0.717) is 28.8 Å². The van der Waals surface area contributed by atoms with Crippen LogP contribution in [0.1, 0.15) is 30.5 Å². The van der Waals surface area contributed by atoms with Gasteiger partial charge >= 0.3 is 0 Å². The molecule has 0 saturated carbocycles. The highest BCUT2D eigenvalue weighted by molar-refractivity contribution is 6.36. The lowest BCUT2D eigenvalue weighted by atomic mass is 9.98. The number of nitrogens with one attached hydrogen (secondary N) is 1.